The molecule has 0 unspecified atom stereocenters. The summed E-state index contributed by atoms with van der Waals surface area (Å²) in [6.07, 6.45) is -2.17. The van der Waals surface area contributed by atoms with Crippen LogP contribution in [0.4, 0.5) is 8.78 Å². The molecule has 1 aromatic rings. The van der Waals surface area contributed by atoms with E-state index in [1.807, 2.05) is 0 Å². The molecule has 0 aromatic carbocycles. The summed E-state index contributed by atoms with van der Waals surface area (Å²) in [6.45, 7) is 1.53. The van der Waals surface area contributed by atoms with Crippen LogP contribution in [0.3, 0.4) is 0 Å². The smallest absolute Gasteiger partial charge is 0.280 e. The number of aldehydes is 1. The second-order valence-electron chi connectivity index (χ2n) is 2.49. The van der Waals surface area contributed by atoms with Crippen LogP contribution in [0.25, 0.3) is 0 Å². The van der Waals surface area contributed by atoms with E-state index in [9.17, 15) is 13.6 Å². The zero-order valence-corrected chi connectivity index (χ0v) is 7.48. The van der Waals surface area contributed by atoms with Gasteiger partial charge in [0.1, 0.15) is 10.8 Å². The summed E-state index contributed by atoms with van der Waals surface area (Å²) in [5.74, 6) is 0. The van der Waals surface area contributed by atoms with Crippen LogP contribution in [-0.2, 0) is 0 Å². The highest BCUT2D eigenvalue weighted by Crippen LogP contribution is 2.23. The van der Waals surface area contributed by atoms with Gasteiger partial charge in [0.05, 0.1) is 5.56 Å². The highest BCUT2D eigenvalue weighted by Gasteiger charge is 2.13. The van der Waals surface area contributed by atoms with E-state index < -0.39 is 12.1 Å². The molecule has 0 spiro atoms. The molecule has 0 saturated heterocycles. The Labute approximate surface area is 78.5 Å². The Morgan fingerprint density at radius 1 is 1.62 bits per heavy atom. The quantitative estimate of drug-likeness (QED) is 0.549. The van der Waals surface area contributed by atoms with Crippen LogP contribution in [0, 0.1) is 6.92 Å². The standard InChI is InChI=1S/C8H6ClF2NO/c1-4-2-6(8(10)11)12-7(9)5(4)3-13/h2-3,8H,1H3. The number of hydrogen-bond donors (Lipinski definition) is 0. The van der Waals surface area contributed by atoms with Gasteiger partial charge < -0.3 is 0 Å². The van der Waals surface area contributed by atoms with Crippen LogP contribution in [0.2, 0.25) is 5.15 Å². The minimum atomic E-state index is -2.67. The van der Waals surface area contributed by atoms with Crippen molar-refractivity contribution in [1.82, 2.24) is 4.98 Å². The molecule has 0 amide bonds. The van der Waals surface area contributed by atoms with Gasteiger partial charge in [0.25, 0.3) is 6.43 Å². The van der Waals surface area contributed by atoms with Crippen molar-refractivity contribution >= 4 is 17.9 Å². The fourth-order valence-corrected chi connectivity index (χ4v) is 1.21. The monoisotopic (exact) mass is 205 g/mol. The Balaban J connectivity index is 3.28. The van der Waals surface area contributed by atoms with Gasteiger partial charge in [0, 0.05) is 0 Å². The molecule has 5 heteroatoms. The molecule has 13 heavy (non-hydrogen) atoms. The first-order valence-corrected chi connectivity index (χ1v) is 3.84. The van der Waals surface area contributed by atoms with Gasteiger partial charge in [-0.2, -0.15) is 0 Å². The van der Waals surface area contributed by atoms with Crippen molar-refractivity contribution in [3.8, 4) is 0 Å². The second kappa shape index (κ2) is 3.79. The van der Waals surface area contributed by atoms with Crippen molar-refractivity contribution in [1.29, 1.82) is 0 Å². The van der Waals surface area contributed by atoms with E-state index in [0.29, 0.717) is 11.8 Å². The number of carbonyl (C=O) groups excluding carboxylic acids is 1. The van der Waals surface area contributed by atoms with Crippen molar-refractivity contribution in [2.75, 3.05) is 0 Å². The average molecular weight is 206 g/mol. The first kappa shape index (κ1) is 10.1. The molecule has 1 rings (SSSR count). The van der Waals surface area contributed by atoms with Crippen molar-refractivity contribution in [2.45, 2.75) is 13.3 Å². The number of alkyl halides is 2. The van der Waals surface area contributed by atoms with E-state index in [4.69, 9.17) is 11.6 Å². The molecule has 0 aliphatic heterocycles. The van der Waals surface area contributed by atoms with Crippen LogP contribution >= 0.6 is 11.6 Å². The van der Waals surface area contributed by atoms with Gasteiger partial charge in [0.2, 0.25) is 0 Å². The SMILES string of the molecule is Cc1cc(C(F)F)nc(Cl)c1C=O. The number of carbonyl (C=O) groups is 1. The van der Waals surface area contributed by atoms with Crippen molar-refractivity contribution in [2.24, 2.45) is 0 Å². The third kappa shape index (κ3) is 2.01. The molecular formula is C8H6ClF2NO. The van der Waals surface area contributed by atoms with Gasteiger partial charge in [-0.1, -0.05) is 11.6 Å². The van der Waals surface area contributed by atoms with Crippen LogP contribution in [0.1, 0.15) is 28.0 Å². The van der Waals surface area contributed by atoms with E-state index >= 15 is 0 Å². The lowest BCUT2D eigenvalue weighted by Gasteiger charge is -2.04. The Hall–Kier alpha value is -1.03. The van der Waals surface area contributed by atoms with E-state index in [1.54, 1.807) is 0 Å². The number of pyridine rings is 1. The molecule has 1 aromatic heterocycles. The van der Waals surface area contributed by atoms with Crippen molar-refractivity contribution in [3.63, 3.8) is 0 Å². The lowest BCUT2D eigenvalue weighted by molar-refractivity contribution is 0.112. The van der Waals surface area contributed by atoms with Crippen molar-refractivity contribution < 1.29 is 13.6 Å². The predicted octanol–water partition coefficient (Wildman–Crippen LogP) is 2.79. The third-order valence-electron chi connectivity index (χ3n) is 1.58. The molecule has 0 aliphatic carbocycles. The number of hydrogen-bond acceptors (Lipinski definition) is 2. The molecule has 0 atom stereocenters. The van der Waals surface area contributed by atoms with E-state index in [-0.39, 0.29) is 10.7 Å². The lowest BCUT2D eigenvalue weighted by atomic mass is 10.1. The molecule has 0 fully saturated rings. The van der Waals surface area contributed by atoms with Gasteiger partial charge in [-0.3, -0.25) is 4.79 Å². The Bertz CT molecular complexity index is 318. The topological polar surface area (TPSA) is 30.0 Å². The summed E-state index contributed by atoms with van der Waals surface area (Å²) in [6, 6.07) is 1.15. The summed E-state index contributed by atoms with van der Waals surface area (Å²) in [5.41, 5.74) is 0.157. The maximum atomic E-state index is 12.2. The molecule has 0 aliphatic rings. The van der Waals surface area contributed by atoms with Gasteiger partial charge in [-0.05, 0) is 18.6 Å². The Kier molecular flexibility index (Phi) is 2.93. The minimum absolute atomic E-state index is 0.158. The van der Waals surface area contributed by atoms with Crippen LogP contribution in [0.15, 0.2) is 6.07 Å². The number of rotatable bonds is 2. The number of aryl methyl sites for hydroxylation is 1. The molecule has 70 valence electrons. The summed E-state index contributed by atoms with van der Waals surface area (Å²) >= 11 is 5.50. The molecule has 0 radical (unpaired) electrons. The van der Waals surface area contributed by atoms with Crippen LogP contribution < -0.4 is 0 Å². The number of nitrogens with zero attached hydrogens (tertiary/aromatic N) is 1. The molecular weight excluding hydrogens is 200 g/mol. The van der Waals surface area contributed by atoms with E-state index in [2.05, 4.69) is 4.98 Å². The maximum Gasteiger partial charge on any atom is 0.280 e. The zero-order chi connectivity index (χ0) is 10.0. The van der Waals surface area contributed by atoms with E-state index in [0.717, 1.165) is 6.07 Å². The summed E-state index contributed by atoms with van der Waals surface area (Å²) in [7, 11) is 0. The predicted molar refractivity (Wildman–Crippen MR) is 44.3 cm³/mol. The molecule has 2 nitrogen and oxygen atoms in total. The zero-order valence-electron chi connectivity index (χ0n) is 6.72. The summed E-state index contributed by atoms with van der Waals surface area (Å²) < 4.78 is 24.3. The number of halogens is 3. The number of aromatic nitrogens is 1. The second-order valence-corrected chi connectivity index (χ2v) is 2.85. The van der Waals surface area contributed by atoms with Crippen LogP contribution in [-0.4, -0.2) is 11.3 Å². The molecule has 0 bridgehead atoms. The van der Waals surface area contributed by atoms with Gasteiger partial charge in [-0.25, -0.2) is 13.8 Å². The third-order valence-corrected chi connectivity index (χ3v) is 1.87. The molecule has 0 saturated carbocycles. The lowest BCUT2D eigenvalue weighted by Crippen LogP contribution is -1.97. The Morgan fingerprint density at radius 3 is 2.62 bits per heavy atom. The van der Waals surface area contributed by atoms with Gasteiger partial charge in [0.15, 0.2) is 6.29 Å². The maximum absolute atomic E-state index is 12.2. The highest BCUT2D eigenvalue weighted by molar-refractivity contribution is 6.31. The summed E-state index contributed by atoms with van der Waals surface area (Å²) in [5, 5.41) is -0.176. The normalized spacial score (nSPS) is 10.5. The van der Waals surface area contributed by atoms with Gasteiger partial charge >= 0.3 is 0 Å². The fourth-order valence-electron chi connectivity index (χ4n) is 0.921. The first-order chi connectivity index (χ1) is 6.06. The molecule has 1 heterocycles. The summed E-state index contributed by atoms with van der Waals surface area (Å²) in [4.78, 5) is 13.8. The Morgan fingerprint density at radius 2 is 2.23 bits per heavy atom. The van der Waals surface area contributed by atoms with Crippen molar-refractivity contribution in [3.05, 3.63) is 28.0 Å². The first-order valence-electron chi connectivity index (χ1n) is 3.46. The fraction of sp³-hybridized carbons (Fsp3) is 0.250. The largest absolute Gasteiger partial charge is 0.298 e. The van der Waals surface area contributed by atoms with E-state index in [1.165, 1.54) is 6.92 Å². The highest BCUT2D eigenvalue weighted by atomic mass is 35.5. The minimum Gasteiger partial charge on any atom is -0.298 e. The van der Waals surface area contributed by atoms with Crippen LogP contribution in [0.5, 0.6) is 0 Å². The van der Waals surface area contributed by atoms with Gasteiger partial charge in [-0.15, -0.1) is 0 Å². The molecule has 0 N–H and O–H groups in total. The average Bonchev–Trinajstić information content (AvgIpc) is 2.03.